The molecule has 0 aliphatic carbocycles. The van der Waals surface area contributed by atoms with E-state index in [0.29, 0.717) is 11.5 Å². The van der Waals surface area contributed by atoms with Gasteiger partial charge in [0.05, 0.1) is 14.2 Å². The van der Waals surface area contributed by atoms with Gasteiger partial charge in [-0.25, -0.2) is 0 Å². The van der Waals surface area contributed by atoms with Crippen LogP contribution in [0.1, 0.15) is 11.6 Å². The Hall–Kier alpha value is -1.00. The number of ether oxygens (including phenoxy) is 2. The third kappa shape index (κ3) is 2.52. The van der Waals surface area contributed by atoms with Gasteiger partial charge in [0.2, 0.25) is 0 Å². The lowest BCUT2D eigenvalue weighted by Gasteiger charge is -2.13. The summed E-state index contributed by atoms with van der Waals surface area (Å²) in [5.74, 6) is 1.39. The third-order valence-corrected chi connectivity index (χ3v) is 2.89. The standard InChI is InChI=1S/C11H14BrNO2/c1-4-8(13)7-5-9(14-2)11(12)10(6-7)15-3/h4-6,8H,1,13H2,2-3H3/t8-/m1/s1. The molecular formula is C11H14BrNO2. The van der Waals surface area contributed by atoms with Crippen molar-refractivity contribution in [1.82, 2.24) is 0 Å². The van der Waals surface area contributed by atoms with Gasteiger partial charge in [0.15, 0.2) is 0 Å². The van der Waals surface area contributed by atoms with Gasteiger partial charge >= 0.3 is 0 Å². The molecular weight excluding hydrogens is 258 g/mol. The van der Waals surface area contributed by atoms with Gasteiger partial charge in [-0.15, -0.1) is 6.58 Å². The van der Waals surface area contributed by atoms with Crippen molar-refractivity contribution in [3.8, 4) is 11.5 Å². The largest absolute Gasteiger partial charge is 0.495 e. The molecule has 1 atom stereocenters. The van der Waals surface area contributed by atoms with Crippen molar-refractivity contribution in [1.29, 1.82) is 0 Å². The smallest absolute Gasteiger partial charge is 0.137 e. The molecule has 0 bridgehead atoms. The van der Waals surface area contributed by atoms with Crippen LogP contribution in [0, 0.1) is 0 Å². The van der Waals surface area contributed by atoms with Gasteiger partial charge in [0.25, 0.3) is 0 Å². The number of nitrogens with two attached hydrogens (primary N) is 1. The summed E-state index contributed by atoms with van der Waals surface area (Å²) in [6.07, 6.45) is 1.67. The molecule has 0 aliphatic heterocycles. The normalized spacial score (nSPS) is 12.0. The molecule has 15 heavy (non-hydrogen) atoms. The molecule has 3 nitrogen and oxygen atoms in total. The predicted molar refractivity (Wildman–Crippen MR) is 64.4 cm³/mol. The van der Waals surface area contributed by atoms with Crippen molar-refractivity contribution in [2.75, 3.05) is 14.2 Å². The van der Waals surface area contributed by atoms with E-state index in [1.165, 1.54) is 0 Å². The maximum Gasteiger partial charge on any atom is 0.137 e. The van der Waals surface area contributed by atoms with E-state index in [0.717, 1.165) is 10.0 Å². The Morgan fingerprint density at radius 2 is 1.80 bits per heavy atom. The lowest BCUT2D eigenvalue weighted by molar-refractivity contribution is 0.388. The lowest BCUT2D eigenvalue weighted by atomic mass is 10.1. The van der Waals surface area contributed by atoms with Gasteiger partial charge < -0.3 is 15.2 Å². The monoisotopic (exact) mass is 271 g/mol. The second-order valence-electron chi connectivity index (χ2n) is 3.00. The maximum atomic E-state index is 5.85. The van der Waals surface area contributed by atoms with Crippen LogP contribution in [0.25, 0.3) is 0 Å². The second kappa shape index (κ2) is 5.19. The fourth-order valence-electron chi connectivity index (χ4n) is 1.22. The summed E-state index contributed by atoms with van der Waals surface area (Å²) in [6.45, 7) is 3.65. The van der Waals surface area contributed by atoms with Crippen molar-refractivity contribution in [2.45, 2.75) is 6.04 Å². The Morgan fingerprint density at radius 3 is 2.13 bits per heavy atom. The molecule has 0 fully saturated rings. The fourth-order valence-corrected chi connectivity index (χ4v) is 1.77. The molecule has 1 rings (SSSR count). The minimum Gasteiger partial charge on any atom is -0.495 e. The molecule has 0 radical (unpaired) electrons. The van der Waals surface area contributed by atoms with Crippen LogP contribution in [0.3, 0.4) is 0 Å². The van der Waals surface area contributed by atoms with Gasteiger partial charge in [-0.2, -0.15) is 0 Å². The van der Waals surface area contributed by atoms with E-state index in [2.05, 4.69) is 22.5 Å². The van der Waals surface area contributed by atoms with Gasteiger partial charge in [-0.05, 0) is 33.6 Å². The molecule has 0 unspecified atom stereocenters. The topological polar surface area (TPSA) is 44.5 Å². The summed E-state index contributed by atoms with van der Waals surface area (Å²) in [5, 5.41) is 0. The zero-order chi connectivity index (χ0) is 11.4. The summed E-state index contributed by atoms with van der Waals surface area (Å²) in [4.78, 5) is 0. The van der Waals surface area contributed by atoms with Crippen molar-refractivity contribution < 1.29 is 9.47 Å². The minimum absolute atomic E-state index is 0.221. The van der Waals surface area contributed by atoms with Crippen LogP contribution < -0.4 is 15.2 Å². The van der Waals surface area contributed by atoms with E-state index >= 15 is 0 Å². The van der Waals surface area contributed by atoms with Crippen molar-refractivity contribution in [3.05, 3.63) is 34.8 Å². The molecule has 0 aliphatic rings. The van der Waals surface area contributed by atoms with Crippen LogP contribution in [0.15, 0.2) is 29.3 Å². The van der Waals surface area contributed by atoms with Gasteiger partial charge in [0.1, 0.15) is 16.0 Å². The molecule has 0 saturated carbocycles. The fraction of sp³-hybridized carbons (Fsp3) is 0.273. The highest BCUT2D eigenvalue weighted by atomic mass is 79.9. The maximum absolute atomic E-state index is 5.85. The number of halogens is 1. The van der Waals surface area contributed by atoms with Gasteiger partial charge in [0, 0.05) is 6.04 Å². The van der Waals surface area contributed by atoms with E-state index < -0.39 is 0 Å². The number of hydrogen-bond acceptors (Lipinski definition) is 3. The van der Waals surface area contributed by atoms with Crippen molar-refractivity contribution in [2.24, 2.45) is 5.73 Å². The molecule has 1 aromatic rings. The predicted octanol–water partition coefficient (Wildman–Crippen LogP) is 2.65. The lowest BCUT2D eigenvalue weighted by Crippen LogP contribution is -2.07. The zero-order valence-corrected chi connectivity index (χ0v) is 10.4. The van der Waals surface area contributed by atoms with E-state index in [1.807, 2.05) is 12.1 Å². The molecule has 0 saturated heterocycles. The number of rotatable bonds is 4. The van der Waals surface area contributed by atoms with E-state index in [4.69, 9.17) is 15.2 Å². The van der Waals surface area contributed by atoms with Gasteiger partial charge in [-0.1, -0.05) is 6.08 Å². The Balaban J connectivity index is 3.26. The molecule has 0 amide bonds. The van der Waals surface area contributed by atoms with E-state index in [9.17, 15) is 0 Å². The Morgan fingerprint density at radius 1 is 1.33 bits per heavy atom. The first-order chi connectivity index (χ1) is 7.13. The zero-order valence-electron chi connectivity index (χ0n) is 8.79. The SMILES string of the molecule is C=C[C@@H](N)c1cc(OC)c(Br)c(OC)c1. The average molecular weight is 272 g/mol. The molecule has 4 heteroatoms. The summed E-state index contributed by atoms with van der Waals surface area (Å²) in [7, 11) is 3.20. The van der Waals surface area contributed by atoms with Crippen LogP contribution in [0.4, 0.5) is 0 Å². The highest BCUT2D eigenvalue weighted by Gasteiger charge is 2.12. The molecule has 82 valence electrons. The number of hydrogen-bond donors (Lipinski definition) is 1. The second-order valence-corrected chi connectivity index (χ2v) is 3.79. The third-order valence-electron chi connectivity index (χ3n) is 2.11. The highest BCUT2D eigenvalue weighted by molar-refractivity contribution is 9.10. The van der Waals surface area contributed by atoms with Crippen LogP contribution in [-0.4, -0.2) is 14.2 Å². The first kappa shape index (κ1) is 12.1. The Kier molecular flexibility index (Phi) is 4.17. The van der Waals surface area contributed by atoms with Crippen LogP contribution in [-0.2, 0) is 0 Å². The first-order valence-corrected chi connectivity index (χ1v) is 5.23. The van der Waals surface area contributed by atoms with Crippen LogP contribution in [0.5, 0.6) is 11.5 Å². The number of methoxy groups -OCH3 is 2. The minimum atomic E-state index is -0.221. The van der Waals surface area contributed by atoms with E-state index in [-0.39, 0.29) is 6.04 Å². The summed E-state index contributed by atoms with van der Waals surface area (Å²) in [6, 6.07) is 3.50. The molecule has 0 aromatic heterocycles. The molecule has 0 heterocycles. The highest BCUT2D eigenvalue weighted by Crippen LogP contribution is 2.36. The first-order valence-electron chi connectivity index (χ1n) is 4.43. The van der Waals surface area contributed by atoms with Crippen molar-refractivity contribution >= 4 is 15.9 Å². The molecule has 2 N–H and O–H groups in total. The van der Waals surface area contributed by atoms with Crippen molar-refractivity contribution in [3.63, 3.8) is 0 Å². The number of benzene rings is 1. The quantitative estimate of drug-likeness (QED) is 0.857. The summed E-state index contributed by atoms with van der Waals surface area (Å²) < 4.78 is 11.2. The molecule has 1 aromatic carbocycles. The van der Waals surface area contributed by atoms with Crippen LogP contribution in [0.2, 0.25) is 0 Å². The van der Waals surface area contributed by atoms with Gasteiger partial charge in [-0.3, -0.25) is 0 Å². The molecule has 0 spiro atoms. The van der Waals surface area contributed by atoms with E-state index in [1.54, 1.807) is 20.3 Å². The summed E-state index contributed by atoms with van der Waals surface area (Å²) in [5.41, 5.74) is 6.75. The Labute approximate surface area is 98.0 Å². The van der Waals surface area contributed by atoms with Crippen LogP contribution >= 0.6 is 15.9 Å². The summed E-state index contributed by atoms with van der Waals surface area (Å²) >= 11 is 3.39. The average Bonchev–Trinajstić information content (AvgIpc) is 2.28. The Bertz CT molecular complexity index is 341.